The zero-order valence-electron chi connectivity index (χ0n) is 12.0. The lowest BCUT2D eigenvalue weighted by molar-refractivity contribution is 0.416. The molecule has 0 aliphatic carbocycles. The fraction of sp³-hybridized carbons (Fsp3) is 0.188. The van der Waals surface area contributed by atoms with Crippen molar-refractivity contribution in [3.8, 4) is 17.1 Å². The number of methoxy groups -OCH3 is 1. The number of halogens is 1. The van der Waals surface area contributed by atoms with Crippen molar-refractivity contribution in [3.63, 3.8) is 0 Å². The molecule has 0 unspecified atom stereocenters. The van der Waals surface area contributed by atoms with Crippen LogP contribution >= 0.6 is 22.9 Å². The van der Waals surface area contributed by atoms with Gasteiger partial charge in [-0.05, 0) is 30.3 Å². The number of hydrogen-bond acceptors (Lipinski definition) is 5. The van der Waals surface area contributed by atoms with Crippen molar-refractivity contribution in [1.29, 1.82) is 0 Å². The first kappa shape index (κ1) is 14.9. The van der Waals surface area contributed by atoms with Gasteiger partial charge in [-0.1, -0.05) is 0 Å². The quantitative estimate of drug-likeness (QED) is 0.660. The molecule has 0 atom stereocenters. The van der Waals surface area contributed by atoms with Gasteiger partial charge in [-0.3, -0.25) is 0 Å². The Kier molecular flexibility index (Phi) is 4.65. The summed E-state index contributed by atoms with van der Waals surface area (Å²) in [7, 11) is 1.66. The SMILES string of the molecule is COc1ccc(-c2cnco2)cc1NCc1ccc(CCl)s1. The molecule has 2 aromatic heterocycles. The maximum absolute atomic E-state index is 5.84. The lowest BCUT2D eigenvalue weighted by atomic mass is 10.1. The van der Waals surface area contributed by atoms with Gasteiger partial charge in [0.15, 0.2) is 12.2 Å². The van der Waals surface area contributed by atoms with E-state index in [1.54, 1.807) is 24.6 Å². The first-order chi connectivity index (χ1) is 10.8. The minimum atomic E-state index is 0.551. The highest BCUT2D eigenvalue weighted by atomic mass is 35.5. The Balaban J connectivity index is 1.80. The Bertz CT molecular complexity index is 740. The van der Waals surface area contributed by atoms with Crippen molar-refractivity contribution < 1.29 is 9.15 Å². The molecule has 0 saturated heterocycles. The molecule has 0 amide bonds. The summed E-state index contributed by atoms with van der Waals surface area (Å²) in [5, 5.41) is 3.40. The van der Waals surface area contributed by atoms with Gasteiger partial charge < -0.3 is 14.5 Å². The number of rotatable bonds is 6. The van der Waals surface area contributed by atoms with Crippen molar-refractivity contribution in [3.05, 3.63) is 52.7 Å². The second-order valence-corrected chi connectivity index (χ2v) is 6.16. The average Bonchev–Trinajstić information content (AvgIpc) is 3.24. The predicted octanol–water partition coefficient (Wildman–Crippen LogP) is 4.76. The van der Waals surface area contributed by atoms with E-state index in [0.29, 0.717) is 5.88 Å². The van der Waals surface area contributed by atoms with Crippen molar-refractivity contribution in [1.82, 2.24) is 4.98 Å². The van der Waals surface area contributed by atoms with E-state index in [-0.39, 0.29) is 0 Å². The van der Waals surface area contributed by atoms with Crippen LogP contribution in [0, 0.1) is 0 Å². The molecule has 3 rings (SSSR count). The van der Waals surface area contributed by atoms with Crippen LogP contribution in [0.2, 0.25) is 0 Å². The number of thiophene rings is 1. The smallest absolute Gasteiger partial charge is 0.181 e. The number of nitrogens with zero attached hydrogens (tertiary/aromatic N) is 1. The molecule has 2 heterocycles. The summed E-state index contributed by atoms with van der Waals surface area (Å²) in [5.41, 5.74) is 1.87. The van der Waals surface area contributed by atoms with Crippen LogP contribution in [0.5, 0.6) is 5.75 Å². The summed E-state index contributed by atoms with van der Waals surface area (Å²) in [6.07, 6.45) is 3.11. The van der Waals surface area contributed by atoms with E-state index < -0.39 is 0 Å². The fourth-order valence-electron chi connectivity index (χ4n) is 2.13. The molecule has 0 bridgehead atoms. The van der Waals surface area contributed by atoms with Gasteiger partial charge in [-0.25, -0.2) is 4.98 Å². The molecule has 1 aromatic carbocycles. The van der Waals surface area contributed by atoms with Crippen molar-refractivity contribution >= 4 is 28.6 Å². The highest BCUT2D eigenvalue weighted by Gasteiger charge is 2.08. The van der Waals surface area contributed by atoms with Gasteiger partial charge in [0, 0.05) is 21.9 Å². The van der Waals surface area contributed by atoms with E-state index in [4.69, 9.17) is 20.8 Å². The van der Waals surface area contributed by atoms with E-state index >= 15 is 0 Å². The molecule has 0 spiro atoms. The topological polar surface area (TPSA) is 47.3 Å². The van der Waals surface area contributed by atoms with Gasteiger partial charge in [-0.2, -0.15) is 0 Å². The normalized spacial score (nSPS) is 10.6. The van der Waals surface area contributed by atoms with Crippen LogP contribution in [-0.2, 0) is 12.4 Å². The number of benzene rings is 1. The summed E-state index contributed by atoms with van der Waals surface area (Å²) < 4.78 is 10.7. The maximum Gasteiger partial charge on any atom is 0.181 e. The first-order valence-corrected chi connectivity index (χ1v) is 8.09. The number of alkyl halides is 1. The van der Waals surface area contributed by atoms with E-state index in [1.807, 2.05) is 18.2 Å². The molecule has 114 valence electrons. The zero-order valence-corrected chi connectivity index (χ0v) is 13.6. The minimum absolute atomic E-state index is 0.551. The minimum Gasteiger partial charge on any atom is -0.495 e. The summed E-state index contributed by atoms with van der Waals surface area (Å²) >= 11 is 7.54. The van der Waals surface area contributed by atoms with Crippen LogP contribution in [0.4, 0.5) is 5.69 Å². The molecule has 0 aliphatic rings. The lowest BCUT2D eigenvalue weighted by Gasteiger charge is -2.11. The van der Waals surface area contributed by atoms with Crippen molar-refractivity contribution in [2.75, 3.05) is 12.4 Å². The van der Waals surface area contributed by atoms with Gasteiger partial charge >= 0.3 is 0 Å². The standard InChI is InChI=1S/C16H15ClN2O2S/c1-20-15-5-2-11(16-9-18-10-21-16)6-14(15)19-8-13-4-3-12(7-17)22-13/h2-6,9-10,19H,7-8H2,1H3. The molecule has 1 N–H and O–H groups in total. The third-order valence-electron chi connectivity index (χ3n) is 3.22. The van der Waals surface area contributed by atoms with E-state index in [9.17, 15) is 0 Å². The molecule has 22 heavy (non-hydrogen) atoms. The molecule has 0 aliphatic heterocycles. The Morgan fingerprint density at radius 3 is 2.82 bits per heavy atom. The number of nitrogens with one attached hydrogen (secondary N) is 1. The molecule has 0 radical (unpaired) electrons. The van der Waals surface area contributed by atoms with Gasteiger partial charge in [0.25, 0.3) is 0 Å². The van der Waals surface area contributed by atoms with Crippen LogP contribution in [0.25, 0.3) is 11.3 Å². The van der Waals surface area contributed by atoms with Crippen LogP contribution in [0.15, 0.2) is 47.3 Å². The Morgan fingerprint density at radius 2 is 2.14 bits per heavy atom. The highest BCUT2D eigenvalue weighted by Crippen LogP contribution is 2.31. The molecule has 6 heteroatoms. The molecular weight excluding hydrogens is 320 g/mol. The van der Waals surface area contributed by atoms with Crippen LogP contribution in [-0.4, -0.2) is 12.1 Å². The maximum atomic E-state index is 5.84. The third-order valence-corrected chi connectivity index (χ3v) is 4.75. The van der Waals surface area contributed by atoms with Crippen LogP contribution in [0.3, 0.4) is 0 Å². The van der Waals surface area contributed by atoms with E-state index in [0.717, 1.165) is 29.3 Å². The third kappa shape index (κ3) is 3.26. The highest BCUT2D eigenvalue weighted by molar-refractivity contribution is 7.12. The summed E-state index contributed by atoms with van der Waals surface area (Å²) in [4.78, 5) is 6.34. The number of anilines is 1. The van der Waals surface area contributed by atoms with Crippen molar-refractivity contribution in [2.45, 2.75) is 12.4 Å². The van der Waals surface area contributed by atoms with Crippen LogP contribution < -0.4 is 10.1 Å². The second-order valence-electron chi connectivity index (χ2n) is 4.64. The predicted molar refractivity (Wildman–Crippen MR) is 89.7 cm³/mol. The number of aromatic nitrogens is 1. The largest absolute Gasteiger partial charge is 0.495 e. The van der Waals surface area contributed by atoms with Gasteiger partial charge in [0.05, 0.1) is 24.9 Å². The fourth-order valence-corrected chi connectivity index (χ4v) is 3.19. The van der Waals surface area contributed by atoms with E-state index in [2.05, 4.69) is 22.4 Å². The molecule has 3 aromatic rings. The number of oxazole rings is 1. The lowest BCUT2D eigenvalue weighted by Crippen LogP contribution is -2.00. The number of ether oxygens (including phenoxy) is 1. The summed E-state index contributed by atoms with van der Waals surface area (Å²) in [6.45, 7) is 0.720. The Morgan fingerprint density at radius 1 is 1.27 bits per heavy atom. The molecule has 4 nitrogen and oxygen atoms in total. The van der Waals surface area contributed by atoms with E-state index in [1.165, 1.54) is 16.1 Å². The summed E-state index contributed by atoms with van der Waals surface area (Å²) in [5.74, 6) is 2.07. The van der Waals surface area contributed by atoms with Gasteiger partial charge in [-0.15, -0.1) is 22.9 Å². The second kappa shape index (κ2) is 6.85. The molecule has 0 saturated carbocycles. The Hall–Kier alpha value is -1.98. The van der Waals surface area contributed by atoms with Gasteiger partial charge in [0.1, 0.15) is 5.75 Å². The zero-order chi connectivity index (χ0) is 15.4. The first-order valence-electron chi connectivity index (χ1n) is 6.74. The Labute approximate surface area is 137 Å². The van der Waals surface area contributed by atoms with Gasteiger partial charge in [0.2, 0.25) is 0 Å². The average molecular weight is 335 g/mol. The molecule has 0 fully saturated rings. The molecular formula is C16H15ClN2O2S. The monoisotopic (exact) mass is 334 g/mol. The number of hydrogen-bond donors (Lipinski definition) is 1. The van der Waals surface area contributed by atoms with Crippen molar-refractivity contribution in [2.24, 2.45) is 0 Å². The van der Waals surface area contributed by atoms with Crippen LogP contribution in [0.1, 0.15) is 9.75 Å². The summed E-state index contributed by atoms with van der Waals surface area (Å²) in [6, 6.07) is 9.99.